The van der Waals surface area contributed by atoms with E-state index in [1.807, 2.05) is 0 Å². The van der Waals surface area contributed by atoms with E-state index in [0.29, 0.717) is 18.5 Å². The van der Waals surface area contributed by atoms with Gasteiger partial charge < -0.3 is 10.4 Å². The third-order valence-electron chi connectivity index (χ3n) is 3.11. The van der Waals surface area contributed by atoms with Crippen molar-refractivity contribution in [2.75, 3.05) is 20.1 Å². The summed E-state index contributed by atoms with van der Waals surface area (Å²) in [4.78, 5) is 11.5. The molecule has 7 heteroatoms. The highest BCUT2D eigenvalue weighted by Crippen LogP contribution is 2.21. The van der Waals surface area contributed by atoms with Crippen LogP contribution < -0.4 is 5.32 Å². The van der Waals surface area contributed by atoms with Gasteiger partial charge in [-0.05, 0) is 30.7 Å². The minimum Gasteiger partial charge on any atom is -0.392 e. The average Bonchev–Trinajstić information content (AvgIpc) is 2.85. The number of aliphatic hydroxyl groups excluding tert-OH is 1. The fourth-order valence-electron chi connectivity index (χ4n) is 2.00. The second kappa shape index (κ2) is 5.28. The van der Waals surface area contributed by atoms with E-state index in [1.54, 1.807) is 0 Å². The van der Waals surface area contributed by atoms with Crippen LogP contribution in [-0.4, -0.2) is 50.0 Å². The van der Waals surface area contributed by atoms with Crippen LogP contribution in [0.1, 0.15) is 16.8 Å². The van der Waals surface area contributed by atoms with Crippen molar-refractivity contribution in [3.63, 3.8) is 0 Å². The summed E-state index contributed by atoms with van der Waals surface area (Å²) in [5, 5.41) is 11.9. The average molecular weight is 284 g/mol. The van der Waals surface area contributed by atoms with Gasteiger partial charge in [0.1, 0.15) is 0 Å². The maximum absolute atomic E-state index is 12.2. The molecule has 2 rings (SSSR count). The Hall–Kier alpha value is -1.44. The SMILES string of the molecule is CNC(=O)c1ccc(S(=O)(=O)N2CC[C@H](O)C2)cc1. The van der Waals surface area contributed by atoms with Crippen LogP contribution in [0.5, 0.6) is 0 Å². The van der Waals surface area contributed by atoms with Gasteiger partial charge in [-0.15, -0.1) is 0 Å². The predicted molar refractivity (Wildman–Crippen MR) is 69.2 cm³/mol. The van der Waals surface area contributed by atoms with Gasteiger partial charge in [-0.25, -0.2) is 8.42 Å². The molecule has 1 heterocycles. The Kier molecular flexibility index (Phi) is 3.88. The van der Waals surface area contributed by atoms with Crippen molar-refractivity contribution in [3.05, 3.63) is 29.8 Å². The molecule has 0 saturated carbocycles. The van der Waals surface area contributed by atoms with Gasteiger partial charge in [-0.2, -0.15) is 4.31 Å². The van der Waals surface area contributed by atoms with Crippen LogP contribution in [0.2, 0.25) is 0 Å². The first-order valence-corrected chi connectivity index (χ1v) is 7.39. The number of nitrogens with one attached hydrogen (secondary N) is 1. The topological polar surface area (TPSA) is 86.7 Å². The molecule has 1 atom stereocenters. The lowest BCUT2D eigenvalue weighted by Gasteiger charge is -2.15. The summed E-state index contributed by atoms with van der Waals surface area (Å²) in [5.74, 6) is -0.263. The quantitative estimate of drug-likeness (QED) is 0.805. The summed E-state index contributed by atoms with van der Waals surface area (Å²) in [5.41, 5.74) is 0.405. The first-order valence-electron chi connectivity index (χ1n) is 5.95. The third-order valence-corrected chi connectivity index (χ3v) is 4.99. The van der Waals surface area contributed by atoms with E-state index in [4.69, 9.17) is 0 Å². The fourth-order valence-corrected chi connectivity index (χ4v) is 3.49. The van der Waals surface area contributed by atoms with Gasteiger partial charge in [0.2, 0.25) is 10.0 Å². The zero-order valence-corrected chi connectivity index (χ0v) is 11.4. The van der Waals surface area contributed by atoms with Crippen LogP contribution in [0.4, 0.5) is 0 Å². The normalized spacial score (nSPS) is 20.4. The molecule has 0 spiro atoms. The summed E-state index contributed by atoms with van der Waals surface area (Å²) in [6, 6.07) is 5.76. The lowest BCUT2D eigenvalue weighted by atomic mass is 10.2. The molecule has 1 aromatic carbocycles. The molecule has 1 aliphatic heterocycles. The molecule has 0 bridgehead atoms. The van der Waals surface area contributed by atoms with Crippen molar-refractivity contribution in [3.8, 4) is 0 Å². The second-order valence-electron chi connectivity index (χ2n) is 4.41. The van der Waals surface area contributed by atoms with Crippen molar-refractivity contribution in [1.82, 2.24) is 9.62 Å². The van der Waals surface area contributed by atoms with Crippen molar-refractivity contribution in [1.29, 1.82) is 0 Å². The van der Waals surface area contributed by atoms with Crippen molar-refractivity contribution in [2.45, 2.75) is 17.4 Å². The molecule has 0 aromatic heterocycles. The molecule has 19 heavy (non-hydrogen) atoms. The highest BCUT2D eigenvalue weighted by Gasteiger charge is 2.31. The summed E-state index contributed by atoms with van der Waals surface area (Å²) in [6.07, 6.45) is -0.143. The molecule has 2 N–H and O–H groups in total. The van der Waals surface area contributed by atoms with Crippen LogP contribution in [-0.2, 0) is 10.0 Å². The smallest absolute Gasteiger partial charge is 0.251 e. The van der Waals surface area contributed by atoms with E-state index in [0.717, 1.165) is 0 Å². The number of carbonyl (C=O) groups is 1. The van der Waals surface area contributed by atoms with Gasteiger partial charge in [0.25, 0.3) is 5.91 Å². The molecule has 1 aliphatic rings. The maximum Gasteiger partial charge on any atom is 0.251 e. The molecule has 0 unspecified atom stereocenters. The molecule has 0 aliphatic carbocycles. The highest BCUT2D eigenvalue weighted by atomic mass is 32.2. The van der Waals surface area contributed by atoms with E-state index in [2.05, 4.69) is 5.32 Å². The lowest BCUT2D eigenvalue weighted by molar-refractivity contribution is 0.0963. The van der Waals surface area contributed by atoms with Gasteiger partial charge in [0.15, 0.2) is 0 Å². The predicted octanol–water partition coefficient (Wildman–Crippen LogP) is -0.198. The molecular formula is C12H16N2O4S. The first-order chi connectivity index (χ1) is 8.95. The standard InChI is InChI=1S/C12H16N2O4S/c1-13-12(16)9-2-4-11(5-3-9)19(17,18)14-7-6-10(15)8-14/h2-5,10,15H,6-8H2,1H3,(H,13,16)/t10-/m0/s1. The Morgan fingerprint density at radius 3 is 2.47 bits per heavy atom. The maximum atomic E-state index is 12.2. The fraction of sp³-hybridized carbons (Fsp3) is 0.417. The third kappa shape index (κ3) is 2.78. The zero-order chi connectivity index (χ0) is 14.0. The number of benzene rings is 1. The van der Waals surface area contributed by atoms with Crippen LogP contribution >= 0.6 is 0 Å². The van der Waals surface area contributed by atoms with Gasteiger partial charge in [-0.1, -0.05) is 0 Å². The summed E-state index contributed by atoms with van der Waals surface area (Å²) < 4.78 is 25.7. The highest BCUT2D eigenvalue weighted by molar-refractivity contribution is 7.89. The van der Waals surface area contributed by atoms with Crippen LogP contribution in [0.15, 0.2) is 29.2 Å². The monoisotopic (exact) mass is 284 g/mol. The molecule has 1 aromatic rings. The number of nitrogens with zero attached hydrogens (tertiary/aromatic N) is 1. The second-order valence-corrected chi connectivity index (χ2v) is 6.35. The minimum atomic E-state index is -3.58. The van der Waals surface area contributed by atoms with Gasteiger partial charge in [0.05, 0.1) is 11.0 Å². The van der Waals surface area contributed by atoms with Gasteiger partial charge in [0, 0.05) is 25.7 Å². The summed E-state index contributed by atoms with van der Waals surface area (Å²) in [6.45, 7) is 0.445. The number of hydrogen-bond acceptors (Lipinski definition) is 4. The van der Waals surface area contributed by atoms with Gasteiger partial charge >= 0.3 is 0 Å². The number of rotatable bonds is 3. The Labute approximate surface area is 112 Å². The zero-order valence-electron chi connectivity index (χ0n) is 10.5. The van der Waals surface area contributed by atoms with E-state index in [1.165, 1.54) is 35.6 Å². The molecule has 1 amide bonds. The summed E-state index contributed by atoms with van der Waals surface area (Å²) in [7, 11) is -2.07. The molecular weight excluding hydrogens is 268 g/mol. The molecule has 1 saturated heterocycles. The van der Waals surface area contributed by atoms with E-state index >= 15 is 0 Å². The van der Waals surface area contributed by atoms with Crippen LogP contribution in [0.3, 0.4) is 0 Å². The number of carbonyl (C=O) groups excluding carboxylic acids is 1. The molecule has 104 valence electrons. The van der Waals surface area contributed by atoms with E-state index < -0.39 is 16.1 Å². The summed E-state index contributed by atoms with van der Waals surface area (Å²) >= 11 is 0. The number of β-amino-alcohol motifs (C(OH)–C–C–N with tert-alkyl or cyclic N) is 1. The minimum absolute atomic E-state index is 0.125. The lowest BCUT2D eigenvalue weighted by Crippen LogP contribution is -2.29. The van der Waals surface area contributed by atoms with Crippen LogP contribution in [0.25, 0.3) is 0 Å². The van der Waals surface area contributed by atoms with Crippen molar-refractivity contribution in [2.24, 2.45) is 0 Å². The van der Waals surface area contributed by atoms with E-state index in [9.17, 15) is 18.3 Å². The van der Waals surface area contributed by atoms with Crippen LogP contribution in [0, 0.1) is 0 Å². The largest absolute Gasteiger partial charge is 0.392 e. The molecule has 0 radical (unpaired) electrons. The van der Waals surface area contributed by atoms with E-state index in [-0.39, 0.29) is 17.3 Å². The number of hydrogen-bond donors (Lipinski definition) is 2. The number of amides is 1. The van der Waals surface area contributed by atoms with Gasteiger partial charge in [-0.3, -0.25) is 4.79 Å². The molecule has 1 fully saturated rings. The van der Waals surface area contributed by atoms with Crippen molar-refractivity contribution < 1.29 is 18.3 Å². The number of aliphatic hydroxyl groups is 1. The molecule has 6 nitrogen and oxygen atoms in total. The Balaban J connectivity index is 2.24. The Morgan fingerprint density at radius 2 is 2.00 bits per heavy atom. The number of sulfonamides is 1. The Morgan fingerprint density at radius 1 is 1.37 bits per heavy atom. The Bertz CT molecular complexity index is 568. The van der Waals surface area contributed by atoms with Crippen molar-refractivity contribution >= 4 is 15.9 Å². The first kappa shape index (κ1) is 14.0.